The second-order valence-corrected chi connectivity index (χ2v) is 7.94. The highest BCUT2D eigenvalue weighted by Crippen LogP contribution is 2.27. The van der Waals surface area contributed by atoms with Gasteiger partial charge >= 0.3 is 0 Å². The highest BCUT2D eigenvalue weighted by Gasteiger charge is 2.14. The van der Waals surface area contributed by atoms with Gasteiger partial charge in [-0.15, -0.1) is 11.3 Å². The number of nitrogens with one attached hydrogen (secondary N) is 2. The van der Waals surface area contributed by atoms with E-state index >= 15 is 0 Å². The fraction of sp³-hybridized carbons (Fsp3) is 0.500. The summed E-state index contributed by atoms with van der Waals surface area (Å²) in [4.78, 5) is 5.55. The molecule has 1 unspecified atom stereocenters. The van der Waals surface area contributed by atoms with Gasteiger partial charge in [0, 0.05) is 31.7 Å². The molecule has 29 heavy (non-hydrogen) atoms. The van der Waals surface area contributed by atoms with E-state index in [1.54, 1.807) is 25.5 Å². The van der Waals surface area contributed by atoms with E-state index in [0.717, 1.165) is 57.3 Å². The summed E-state index contributed by atoms with van der Waals surface area (Å²) in [7, 11) is 3.48. The molecule has 0 aliphatic carbocycles. The second-order valence-electron chi connectivity index (χ2n) is 6.95. The molecule has 3 rings (SSSR count). The van der Waals surface area contributed by atoms with Crippen LogP contribution in [0.15, 0.2) is 40.7 Å². The summed E-state index contributed by atoms with van der Waals surface area (Å²) >= 11 is 1.75. The Morgan fingerprint density at radius 1 is 1.24 bits per heavy atom. The van der Waals surface area contributed by atoms with Crippen molar-refractivity contribution < 1.29 is 14.2 Å². The van der Waals surface area contributed by atoms with Crippen LogP contribution < -0.4 is 15.4 Å². The molecule has 2 heterocycles. The molecule has 0 radical (unpaired) electrons. The zero-order chi connectivity index (χ0) is 20.3. The van der Waals surface area contributed by atoms with Gasteiger partial charge in [0.2, 0.25) is 0 Å². The minimum Gasteiger partial charge on any atom is -0.497 e. The zero-order valence-corrected chi connectivity index (χ0v) is 18.1. The SMILES string of the molecule is CN=C(NCCCOCC1CCCO1)NCc1cc(-c2ccc(OC)cc2)cs1. The van der Waals surface area contributed by atoms with Gasteiger partial charge in [-0.1, -0.05) is 12.1 Å². The molecule has 1 aromatic heterocycles. The number of hydrogen-bond donors (Lipinski definition) is 2. The largest absolute Gasteiger partial charge is 0.497 e. The first-order valence-corrected chi connectivity index (χ1v) is 11.0. The molecule has 158 valence electrons. The molecule has 1 aliphatic rings. The van der Waals surface area contributed by atoms with Crippen LogP contribution in [0.3, 0.4) is 0 Å². The van der Waals surface area contributed by atoms with Crippen LogP contribution in [0.2, 0.25) is 0 Å². The first-order valence-electron chi connectivity index (χ1n) is 10.1. The molecule has 1 saturated heterocycles. The van der Waals surface area contributed by atoms with Crippen LogP contribution in [0.4, 0.5) is 0 Å². The number of ether oxygens (including phenoxy) is 3. The summed E-state index contributed by atoms with van der Waals surface area (Å²) in [5.74, 6) is 1.68. The molecule has 1 atom stereocenters. The van der Waals surface area contributed by atoms with Crippen LogP contribution in [0, 0.1) is 0 Å². The summed E-state index contributed by atoms with van der Waals surface area (Å²) in [6.07, 6.45) is 3.51. The average molecular weight is 418 g/mol. The van der Waals surface area contributed by atoms with Crippen LogP contribution >= 0.6 is 11.3 Å². The molecule has 7 heteroatoms. The minimum atomic E-state index is 0.297. The molecule has 1 aliphatic heterocycles. The number of benzene rings is 1. The number of methoxy groups -OCH3 is 1. The summed E-state index contributed by atoms with van der Waals surface area (Å²) in [5, 5.41) is 8.89. The van der Waals surface area contributed by atoms with Gasteiger partial charge in [0.1, 0.15) is 5.75 Å². The quantitative estimate of drug-likeness (QED) is 0.351. The molecular weight excluding hydrogens is 386 g/mol. The van der Waals surface area contributed by atoms with E-state index in [0.29, 0.717) is 12.7 Å². The molecule has 0 bridgehead atoms. The Morgan fingerprint density at radius 2 is 2.10 bits per heavy atom. The highest BCUT2D eigenvalue weighted by molar-refractivity contribution is 7.10. The molecular formula is C22H31N3O3S. The van der Waals surface area contributed by atoms with E-state index in [2.05, 4.69) is 39.2 Å². The van der Waals surface area contributed by atoms with Crippen molar-refractivity contribution >= 4 is 17.3 Å². The normalized spacial score (nSPS) is 16.8. The van der Waals surface area contributed by atoms with E-state index in [1.807, 2.05) is 12.1 Å². The number of nitrogens with zero attached hydrogens (tertiary/aromatic N) is 1. The standard InChI is InChI=1S/C22H31N3O3S/c1-23-22(24-10-4-11-27-15-20-5-3-12-28-20)25-14-21-13-18(16-29-21)17-6-8-19(26-2)9-7-17/h6-9,13,16,20H,3-5,10-12,14-15H2,1-2H3,(H2,23,24,25). The number of thiophene rings is 1. The van der Waals surface area contributed by atoms with Gasteiger partial charge in [-0.05, 0) is 54.0 Å². The lowest BCUT2D eigenvalue weighted by Gasteiger charge is -2.12. The third-order valence-electron chi connectivity index (χ3n) is 4.82. The highest BCUT2D eigenvalue weighted by atomic mass is 32.1. The average Bonchev–Trinajstić information content (AvgIpc) is 3.45. The lowest BCUT2D eigenvalue weighted by molar-refractivity contribution is 0.0168. The van der Waals surface area contributed by atoms with Gasteiger partial charge in [0.25, 0.3) is 0 Å². The van der Waals surface area contributed by atoms with Crippen molar-refractivity contribution in [1.82, 2.24) is 10.6 Å². The fourth-order valence-corrected chi connectivity index (χ4v) is 4.00. The van der Waals surface area contributed by atoms with Crippen molar-refractivity contribution in [2.45, 2.75) is 31.9 Å². The Hall–Kier alpha value is -2.09. The Balaban J connectivity index is 1.34. The van der Waals surface area contributed by atoms with Crippen LogP contribution in [0.25, 0.3) is 11.1 Å². The Morgan fingerprint density at radius 3 is 2.83 bits per heavy atom. The molecule has 0 spiro atoms. The first-order chi connectivity index (χ1) is 14.3. The van der Waals surface area contributed by atoms with Crippen LogP contribution in [0.5, 0.6) is 5.75 Å². The van der Waals surface area contributed by atoms with Gasteiger partial charge < -0.3 is 24.8 Å². The number of hydrogen-bond acceptors (Lipinski definition) is 5. The molecule has 0 amide bonds. The van der Waals surface area contributed by atoms with Crippen LogP contribution in [-0.2, 0) is 16.0 Å². The van der Waals surface area contributed by atoms with Crippen LogP contribution in [-0.4, -0.2) is 52.6 Å². The summed E-state index contributed by atoms with van der Waals surface area (Å²) < 4.78 is 16.5. The Labute approximate surface area is 177 Å². The van der Waals surface area contributed by atoms with Crippen molar-refractivity contribution in [1.29, 1.82) is 0 Å². The molecule has 1 fully saturated rings. The van der Waals surface area contributed by atoms with Gasteiger partial charge in [0.05, 0.1) is 26.4 Å². The molecule has 0 saturated carbocycles. The molecule has 2 N–H and O–H groups in total. The maximum Gasteiger partial charge on any atom is 0.191 e. The van der Waals surface area contributed by atoms with E-state index in [-0.39, 0.29) is 0 Å². The fourth-order valence-electron chi connectivity index (χ4n) is 3.17. The molecule has 6 nitrogen and oxygen atoms in total. The maximum absolute atomic E-state index is 5.69. The first kappa shape index (κ1) is 21.6. The van der Waals surface area contributed by atoms with Crippen molar-refractivity contribution in [2.75, 3.05) is 40.5 Å². The van der Waals surface area contributed by atoms with E-state index in [9.17, 15) is 0 Å². The van der Waals surface area contributed by atoms with Gasteiger partial charge in [-0.2, -0.15) is 0 Å². The number of guanidine groups is 1. The topological polar surface area (TPSA) is 64.1 Å². The van der Waals surface area contributed by atoms with Gasteiger partial charge in [0.15, 0.2) is 5.96 Å². The Kier molecular flexibility index (Phi) is 8.80. The van der Waals surface area contributed by atoms with Crippen molar-refractivity contribution in [3.8, 4) is 16.9 Å². The number of aliphatic imine (C=N–C) groups is 1. The van der Waals surface area contributed by atoms with Crippen molar-refractivity contribution in [3.05, 3.63) is 40.6 Å². The van der Waals surface area contributed by atoms with Crippen molar-refractivity contribution in [2.24, 2.45) is 4.99 Å². The maximum atomic E-state index is 5.69. The monoisotopic (exact) mass is 417 g/mol. The van der Waals surface area contributed by atoms with Crippen LogP contribution in [0.1, 0.15) is 24.1 Å². The lowest BCUT2D eigenvalue weighted by Crippen LogP contribution is -2.37. The summed E-state index contributed by atoms with van der Waals surface area (Å²) in [5.41, 5.74) is 2.42. The molecule has 1 aromatic carbocycles. The predicted octanol–water partition coefficient (Wildman–Crippen LogP) is 3.67. The number of rotatable bonds is 10. The summed E-state index contributed by atoms with van der Waals surface area (Å²) in [6.45, 7) is 3.90. The minimum absolute atomic E-state index is 0.297. The smallest absolute Gasteiger partial charge is 0.191 e. The third-order valence-corrected chi connectivity index (χ3v) is 5.75. The predicted molar refractivity (Wildman–Crippen MR) is 119 cm³/mol. The Bertz CT molecular complexity index is 755. The van der Waals surface area contributed by atoms with E-state index in [4.69, 9.17) is 14.2 Å². The third kappa shape index (κ3) is 7.03. The van der Waals surface area contributed by atoms with E-state index < -0.39 is 0 Å². The van der Waals surface area contributed by atoms with Gasteiger partial charge in [-0.25, -0.2) is 0 Å². The van der Waals surface area contributed by atoms with Gasteiger partial charge in [-0.3, -0.25) is 4.99 Å². The summed E-state index contributed by atoms with van der Waals surface area (Å²) in [6, 6.07) is 10.4. The lowest BCUT2D eigenvalue weighted by atomic mass is 10.1. The van der Waals surface area contributed by atoms with Crippen molar-refractivity contribution in [3.63, 3.8) is 0 Å². The second kappa shape index (κ2) is 11.8. The molecule has 2 aromatic rings. The zero-order valence-electron chi connectivity index (χ0n) is 17.3. The van der Waals surface area contributed by atoms with E-state index in [1.165, 1.54) is 16.0 Å².